The minimum atomic E-state index is -0.420. The molecule has 0 radical (unpaired) electrons. The van der Waals surface area contributed by atoms with Crippen molar-refractivity contribution in [2.24, 2.45) is 0 Å². The zero-order valence-corrected chi connectivity index (χ0v) is 11.9. The zero-order chi connectivity index (χ0) is 13.2. The molecule has 0 spiro atoms. The summed E-state index contributed by atoms with van der Waals surface area (Å²) in [6.45, 7) is 6.48. The lowest BCUT2D eigenvalue weighted by Crippen LogP contribution is -2.39. The molecule has 1 aliphatic carbocycles. The van der Waals surface area contributed by atoms with E-state index in [1.54, 1.807) is 0 Å². The minimum Gasteiger partial charge on any atom is -0.389 e. The highest BCUT2D eigenvalue weighted by molar-refractivity contribution is 4.68. The largest absolute Gasteiger partial charge is 0.389 e. The van der Waals surface area contributed by atoms with Gasteiger partial charge in [-0.1, -0.05) is 19.3 Å². The summed E-state index contributed by atoms with van der Waals surface area (Å²) in [5, 5.41) is 13.1. The van der Waals surface area contributed by atoms with Crippen LogP contribution in [-0.2, 0) is 9.47 Å². The van der Waals surface area contributed by atoms with Crippen molar-refractivity contribution in [1.29, 1.82) is 0 Å². The lowest BCUT2D eigenvalue weighted by atomic mass is 9.98. The van der Waals surface area contributed by atoms with E-state index in [4.69, 9.17) is 9.47 Å². The second-order valence-electron chi connectivity index (χ2n) is 5.22. The molecule has 0 saturated heterocycles. The molecule has 4 nitrogen and oxygen atoms in total. The normalized spacial score (nSPS) is 20.8. The molecule has 0 amide bonds. The molecule has 0 aromatic heterocycles. The zero-order valence-electron chi connectivity index (χ0n) is 11.9. The maximum Gasteiger partial charge on any atom is 0.0897 e. The molecule has 0 aromatic rings. The van der Waals surface area contributed by atoms with E-state index >= 15 is 0 Å². The highest BCUT2D eigenvalue weighted by Gasteiger charge is 2.15. The van der Waals surface area contributed by atoms with E-state index in [0.717, 1.165) is 19.4 Å². The average molecular weight is 259 g/mol. The van der Waals surface area contributed by atoms with Crippen LogP contribution in [0.2, 0.25) is 0 Å². The van der Waals surface area contributed by atoms with Gasteiger partial charge in [0, 0.05) is 19.2 Å². The molecule has 1 fully saturated rings. The fourth-order valence-electron chi connectivity index (χ4n) is 2.23. The molecule has 18 heavy (non-hydrogen) atoms. The molecule has 0 aliphatic heterocycles. The predicted octanol–water partition coefficient (Wildman–Crippen LogP) is 1.71. The molecule has 1 aliphatic rings. The third kappa shape index (κ3) is 7.31. The van der Waals surface area contributed by atoms with Gasteiger partial charge in [0.25, 0.3) is 0 Å². The summed E-state index contributed by atoms with van der Waals surface area (Å²) in [5.41, 5.74) is 0. The van der Waals surface area contributed by atoms with Crippen LogP contribution >= 0.6 is 0 Å². The second kappa shape index (κ2) is 9.73. The summed E-state index contributed by atoms with van der Waals surface area (Å²) in [7, 11) is 0. The molecule has 2 unspecified atom stereocenters. The Labute approximate surface area is 111 Å². The summed E-state index contributed by atoms with van der Waals surface area (Å²) in [5.74, 6) is 0. The van der Waals surface area contributed by atoms with Crippen LogP contribution in [0.4, 0.5) is 0 Å². The van der Waals surface area contributed by atoms with Crippen LogP contribution in [0.1, 0.15) is 46.0 Å². The van der Waals surface area contributed by atoms with Gasteiger partial charge in [-0.15, -0.1) is 0 Å². The number of aliphatic hydroxyl groups is 1. The van der Waals surface area contributed by atoms with Crippen LogP contribution in [-0.4, -0.2) is 49.7 Å². The van der Waals surface area contributed by atoms with Gasteiger partial charge in [0.15, 0.2) is 0 Å². The standard InChI is InChI=1S/C14H29NO3/c1-3-17-10-12(2)15-9-13(16)11-18-14-7-5-4-6-8-14/h12-16H,3-11H2,1-2H3. The van der Waals surface area contributed by atoms with Crippen LogP contribution in [0, 0.1) is 0 Å². The molecule has 0 aromatic carbocycles. The summed E-state index contributed by atoms with van der Waals surface area (Å²) < 4.78 is 11.0. The third-order valence-electron chi connectivity index (χ3n) is 3.35. The number of rotatable bonds is 9. The molecular weight excluding hydrogens is 230 g/mol. The highest BCUT2D eigenvalue weighted by atomic mass is 16.5. The smallest absolute Gasteiger partial charge is 0.0897 e. The van der Waals surface area contributed by atoms with E-state index in [1.807, 2.05) is 6.92 Å². The average Bonchev–Trinajstić information content (AvgIpc) is 2.41. The van der Waals surface area contributed by atoms with Gasteiger partial charge >= 0.3 is 0 Å². The second-order valence-corrected chi connectivity index (χ2v) is 5.22. The Balaban J connectivity index is 2.00. The van der Waals surface area contributed by atoms with E-state index in [1.165, 1.54) is 19.3 Å². The van der Waals surface area contributed by atoms with Crippen molar-refractivity contribution < 1.29 is 14.6 Å². The van der Waals surface area contributed by atoms with Crippen LogP contribution in [0.15, 0.2) is 0 Å². The van der Waals surface area contributed by atoms with Crippen molar-refractivity contribution in [1.82, 2.24) is 5.32 Å². The Morgan fingerprint density at radius 2 is 1.94 bits per heavy atom. The number of nitrogens with one attached hydrogen (secondary N) is 1. The number of hydrogen-bond acceptors (Lipinski definition) is 4. The minimum absolute atomic E-state index is 0.272. The van der Waals surface area contributed by atoms with Crippen LogP contribution in [0.5, 0.6) is 0 Å². The van der Waals surface area contributed by atoms with Crippen molar-refractivity contribution in [3.63, 3.8) is 0 Å². The summed E-state index contributed by atoms with van der Waals surface area (Å²) in [6, 6.07) is 0.272. The first kappa shape index (κ1) is 15.9. The van der Waals surface area contributed by atoms with Gasteiger partial charge in [-0.3, -0.25) is 0 Å². The third-order valence-corrected chi connectivity index (χ3v) is 3.35. The van der Waals surface area contributed by atoms with Gasteiger partial charge in [-0.2, -0.15) is 0 Å². The van der Waals surface area contributed by atoms with E-state index in [-0.39, 0.29) is 6.04 Å². The Bertz CT molecular complexity index is 195. The van der Waals surface area contributed by atoms with Gasteiger partial charge in [-0.05, 0) is 26.7 Å². The molecule has 1 saturated carbocycles. The lowest BCUT2D eigenvalue weighted by molar-refractivity contribution is -0.0242. The number of hydrogen-bond donors (Lipinski definition) is 2. The molecule has 2 atom stereocenters. The SMILES string of the molecule is CCOCC(C)NCC(O)COC1CCCCC1. The quantitative estimate of drug-likeness (QED) is 0.662. The van der Waals surface area contributed by atoms with Crippen molar-refractivity contribution in [3.8, 4) is 0 Å². The Morgan fingerprint density at radius 3 is 2.61 bits per heavy atom. The molecule has 4 heteroatoms. The molecule has 2 N–H and O–H groups in total. The maximum absolute atomic E-state index is 9.83. The van der Waals surface area contributed by atoms with Crippen molar-refractivity contribution >= 4 is 0 Å². The van der Waals surface area contributed by atoms with Crippen LogP contribution < -0.4 is 5.32 Å². The van der Waals surface area contributed by atoms with Gasteiger partial charge < -0.3 is 19.9 Å². The van der Waals surface area contributed by atoms with Crippen LogP contribution in [0.25, 0.3) is 0 Å². The fourth-order valence-corrected chi connectivity index (χ4v) is 2.23. The Hall–Kier alpha value is -0.160. The number of aliphatic hydroxyl groups excluding tert-OH is 1. The molecule has 0 bridgehead atoms. The van der Waals surface area contributed by atoms with E-state index < -0.39 is 6.10 Å². The Morgan fingerprint density at radius 1 is 1.22 bits per heavy atom. The first-order valence-electron chi connectivity index (χ1n) is 7.33. The summed E-state index contributed by atoms with van der Waals surface area (Å²) >= 11 is 0. The summed E-state index contributed by atoms with van der Waals surface area (Å²) in [4.78, 5) is 0. The van der Waals surface area contributed by atoms with Gasteiger partial charge in [0.2, 0.25) is 0 Å². The predicted molar refractivity (Wildman–Crippen MR) is 72.8 cm³/mol. The fraction of sp³-hybridized carbons (Fsp3) is 1.00. The first-order valence-corrected chi connectivity index (χ1v) is 7.33. The van der Waals surface area contributed by atoms with E-state index in [2.05, 4.69) is 12.2 Å². The van der Waals surface area contributed by atoms with Crippen LogP contribution in [0.3, 0.4) is 0 Å². The molecule has 0 heterocycles. The van der Waals surface area contributed by atoms with Crippen molar-refractivity contribution in [2.45, 2.75) is 64.2 Å². The topological polar surface area (TPSA) is 50.7 Å². The first-order chi connectivity index (χ1) is 8.72. The monoisotopic (exact) mass is 259 g/mol. The molecule has 108 valence electrons. The number of ether oxygens (including phenoxy) is 2. The highest BCUT2D eigenvalue weighted by Crippen LogP contribution is 2.20. The van der Waals surface area contributed by atoms with Gasteiger partial charge in [0.05, 0.1) is 25.4 Å². The van der Waals surface area contributed by atoms with Crippen molar-refractivity contribution in [2.75, 3.05) is 26.4 Å². The summed E-state index contributed by atoms with van der Waals surface area (Å²) in [6.07, 6.45) is 6.13. The van der Waals surface area contributed by atoms with Gasteiger partial charge in [-0.25, -0.2) is 0 Å². The van der Waals surface area contributed by atoms with E-state index in [0.29, 0.717) is 25.9 Å². The van der Waals surface area contributed by atoms with Gasteiger partial charge in [0.1, 0.15) is 0 Å². The molecule has 1 rings (SSSR count). The van der Waals surface area contributed by atoms with E-state index in [9.17, 15) is 5.11 Å². The molecular formula is C14H29NO3. The lowest BCUT2D eigenvalue weighted by Gasteiger charge is -2.24. The van der Waals surface area contributed by atoms with Crippen molar-refractivity contribution in [3.05, 3.63) is 0 Å². The maximum atomic E-state index is 9.83. The Kier molecular flexibility index (Phi) is 8.59.